The molecule has 1 aliphatic heterocycles. The molecule has 2 heterocycles. The Morgan fingerprint density at radius 1 is 1.22 bits per heavy atom. The van der Waals surface area contributed by atoms with Gasteiger partial charge in [0.1, 0.15) is 0 Å². The van der Waals surface area contributed by atoms with E-state index in [9.17, 15) is 14.9 Å². The predicted molar refractivity (Wildman–Crippen MR) is 107 cm³/mol. The normalized spacial score (nSPS) is 17.4. The van der Waals surface area contributed by atoms with Gasteiger partial charge in [-0.1, -0.05) is 24.3 Å². The molecule has 1 aliphatic rings. The molecule has 0 spiro atoms. The van der Waals surface area contributed by atoms with Gasteiger partial charge in [-0.25, -0.2) is 9.98 Å². The van der Waals surface area contributed by atoms with Gasteiger partial charge < -0.3 is 0 Å². The summed E-state index contributed by atoms with van der Waals surface area (Å²) in [5.74, 6) is 0.354. The third-order valence-corrected chi connectivity index (χ3v) is 4.82. The Kier molecular flexibility index (Phi) is 5.46. The summed E-state index contributed by atoms with van der Waals surface area (Å²) in [4.78, 5) is 33.7. The number of rotatable bonds is 4. The lowest BCUT2D eigenvalue weighted by molar-refractivity contribution is -0.385. The number of likely N-dealkylation sites (N-methyl/N-ethyl adjacent to an activating group) is 1. The Morgan fingerprint density at radius 3 is 2.74 bits per heavy atom. The molecule has 7 nitrogen and oxygen atoms in total. The molecule has 0 N–H and O–H groups in total. The minimum Gasteiger partial charge on any atom is -0.289 e. The molecule has 8 heteroatoms. The van der Waals surface area contributed by atoms with E-state index in [1.807, 2.05) is 19.1 Å². The number of aliphatic imine (C=N–C) groups is 1. The van der Waals surface area contributed by atoms with Crippen molar-refractivity contribution in [3.63, 3.8) is 0 Å². The van der Waals surface area contributed by atoms with Crippen molar-refractivity contribution in [2.45, 2.75) is 6.92 Å². The zero-order valence-corrected chi connectivity index (χ0v) is 15.5. The largest absolute Gasteiger partial charge is 0.289 e. The van der Waals surface area contributed by atoms with Crippen LogP contribution < -0.4 is 0 Å². The second-order valence-corrected chi connectivity index (χ2v) is 6.71. The Hall–Kier alpha value is -3.26. The number of amidine groups is 1. The van der Waals surface area contributed by atoms with Crippen LogP contribution in [0.5, 0.6) is 0 Å². The van der Waals surface area contributed by atoms with Gasteiger partial charge in [0.15, 0.2) is 11.0 Å². The highest BCUT2D eigenvalue weighted by Crippen LogP contribution is 2.31. The van der Waals surface area contributed by atoms with Crippen molar-refractivity contribution in [2.75, 3.05) is 7.05 Å². The zero-order chi connectivity index (χ0) is 19.4. The van der Waals surface area contributed by atoms with Gasteiger partial charge in [-0.05, 0) is 49.0 Å². The number of hydrogen-bond acceptors (Lipinski definition) is 6. The number of thioether (sulfide) groups is 1. The number of amides is 1. The molecule has 1 aromatic heterocycles. The molecule has 1 amide bonds. The van der Waals surface area contributed by atoms with Crippen molar-refractivity contribution in [1.82, 2.24) is 9.88 Å². The van der Waals surface area contributed by atoms with Crippen LogP contribution in [0.2, 0.25) is 0 Å². The molecule has 0 bridgehead atoms. The Labute approximate surface area is 160 Å². The number of nitro groups is 1. The molecule has 0 aliphatic carbocycles. The van der Waals surface area contributed by atoms with Gasteiger partial charge in [-0.2, -0.15) is 0 Å². The van der Waals surface area contributed by atoms with Gasteiger partial charge >= 0.3 is 0 Å². The van der Waals surface area contributed by atoms with Crippen LogP contribution in [0.4, 0.5) is 11.5 Å². The fraction of sp³-hybridized carbons (Fsp3) is 0.105. The molecular weight excluding hydrogens is 364 g/mol. The van der Waals surface area contributed by atoms with Gasteiger partial charge in [0.05, 0.1) is 15.4 Å². The van der Waals surface area contributed by atoms with Crippen molar-refractivity contribution >= 4 is 40.4 Å². The van der Waals surface area contributed by atoms with E-state index in [4.69, 9.17) is 0 Å². The molecule has 1 fully saturated rings. The van der Waals surface area contributed by atoms with E-state index in [1.54, 1.807) is 49.5 Å². The first-order valence-corrected chi connectivity index (χ1v) is 8.87. The van der Waals surface area contributed by atoms with E-state index in [0.717, 1.165) is 5.69 Å². The monoisotopic (exact) mass is 380 g/mol. The topological polar surface area (TPSA) is 88.7 Å². The van der Waals surface area contributed by atoms with Crippen LogP contribution in [0.15, 0.2) is 64.5 Å². The van der Waals surface area contributed by atoms with E-state index >= 15 is 0 Å². The minimum absolute atomic E-state index is 0.0162. The number of carbonyl (C=O) groups is 1. The zero-order valence-electron chi connectivity index (χ0n) is 14.7. The summed E-state index contributed by atoms with van der Waals surface area (Å²) in [5.41, 5.74) is 1.33. The molecule has 1 saturated heterocycles. The average Bonchev–Trinajstić information content (AvgIpc) is 2.90. The maximum atomic E-state index is 12.4. The molecule has 0 saturated carbocycles. The fourth-order valence-corrected chi connectivity index (χ4v) is 3.32. The van der Waals surface area contributed by atoms with E-state index in [1.165, 1.54) is 22.7 Å². The molecule has 1 aromatic carbocycles. The van der Waals surface area contributed by atoms with Gasteiger partial charge in [0, 0.05) is 18.8 Å². The summed E-state index contributed by atoms with van der Waals surface area (Å²) < 4.78 is 0. The molecule has 3 rings (SSSR count). The lowest BCUT2D eigenvalue weighted by atomic mass is 10.1. The number of pyridine rings is 1. The van der Waals surface area contributed by atoms with E-state index in [0.29, 0.717) is 21.5 Å². The number of carbonyl (C=O) groups excluding carboxylic acids is 1. The first-order chi connectivity index (χ1) is 13.0. The molecule has 27 heavy (non-hydrogen) atoms. The van der Waals surface area contributed by atoms with E-state index < -0.39 is 4.92 Å². The SMILES string of the molecule is Cc1cccc(/N=C2/S/C(=C\C=C\c3ccccc3[N+](=O)[O-])C(=O)N2C)n1. The molecule has 2 aromatic rings. The van der Waals surface area contributed by atoms with Crippen molar-refractivity contribution in [1.29, 1.82) is 0 Å². The number of hydrogen-bond donors (Lipinski definition) is 0. The summed E-state index contributed by atoms with van der Waals surface area (Å²) in [6.07, 6.45) is 4.87. The Balaban J connectivity index is 1.82. The third kappa shape index (κ3) is 4.29. The van der Waals surface area contributed by atoms with Crippen LogP contribution >= 0.6 is 11.8 Å². The van der Waals surface area contributed by atoms with Crippen molar-refractivity contribution in [3.05, 3.63) is 80.9 Å². The predicted octanol–water partition coefficient (Wildman–Crippen LogP) is 4.09. The molecular formula is C19H16N4O3S. The number of nitrogens with zero attached hydrogens (tertiary/aromatic N) is 4. The van der Waals surface area contributed by atoms with Crippen LogP contribution in [-0.4, -0.2) is 32.9 Å². The number of para-hydroxylation sites is 1. The number of benzene rings is 1. The van der Waals surface area contributed by atoms with E-state index in [-0.39, 0.29) is 11.6 Å². The third-order valence-electron chi connectivity index (χ3n) is 3.74. The Bertz CT molecular complexity index is 998. The number of aromatic nitrogens is 1. The highest BCUT2D eigenvalue weighted by molar-refractivity contribution is 8.18. The summed E-state index contributed by atoms with van der Waals surface area (Å²) in [7, 11) is 1.65. The average molecular weight is 380 g/mol. The first-order valence-electron chi connectivity index (χ1n) is 8.06. The van der Waals surface area contributed by atoms with Gasteiger partial charge in [-0.3, -0.25) is 19.8 Å². The number of nitro benzene ring substituents is 1. The van der Waals surface area contributed by atoms with Crippen molar-refractivity contribution in [2.24, 2.45) is 4.99 Å². The van der Waals surface area contributed by atoms with Crippen LogP contribution in [0.3, 0.4) is 0 Å². The summed E-state index contributed by atoms with van der Waals surface area (Å²) in [6.45, 7) is 1.87. The summed E-state index contributed by atoms with van der Waals surface area (Å²) >= 11 is 1.24. The second-order valence-electron chi connectivity index (χ2n) is 5.70. The van der Waals surface area contributed by atoms with E-state index in [2.05, 4.69) is 9.98 Å². The lowest BCUT2D eigenvalue weighted by Crippen LogP contribution is -2.23. The fourth-order valence-electron chi connectivity index (χ4n) is 2.39. The van der Waals surface area contributed by atoms with Gasteiger partial charge in [0.25, 0.3) is 11.6 Å². The smallest absolute Gasteiger partial charge is 0.276 e. The lowest BCUT2D eigenvalue weighted by Gasteiger charge is -2.06. The molecule has 0 radical (unpaired) electrons. The number of allylic oxidation sites excluding steroid dienone is 2. The quantitative estimate of drug-likeness (QED) is 0.453. The van der Waals surface area contributed by atoms with Gasteiger partial charge in [-0.15, -0.1) is 0 Å². The molecule has 0 unspecified atom stereocenters. The Morgan fingerprint density at radius 2 is 2.00 bits per heavy atom. The standard InChI is InChI=1S/C19H16N4O3S/c1-13-7-5-12-17(20-13)21-19-22(2)18(24)16(27-19)11-6-9-14-8-3-4-10-15(14)23(25)26/h3-12H,1-2H3/b9-6+,16-11-,21-19+. The maximum Gasteiger partial charge on any atom is 0.276 e. The highest BCUT2D eigenvalue weighted by Gasteiger charge is 2.30. The number of aryl methyl sites for hydroxylation is 1. The summed E-state index contributed by atoms with van der Waals surface area (Å²) in [5, 5.41) is 11.6. The van der Waals surface area contributed by atoms with Crippen LogP contribution in [-0.2, 0) is 4.79 Å². The summed E-state index contributed by atoms with van der Waals surface area (Å²) in [6, 6.07) is 11.9. The van der Waals surface area contributed by atoms with Crippen LogP contribution in [0.1, 0.15) is 11.3 Å². The van der Waals surface area contributed by atoms with Crippen molar-refractivity contribution < 1.29 is 9.72 Å². The van der Waals surface area contributed by atoms with Crippen LogP contribution in [0.25, 0.3) is 6.08 Å². The molecule has 0 atom stereocenters. The second kappa shape index (κ2) is 7.96. The van der Waals surface area contributed by atoms with Crippen LogP contribution in [0, 0.1) is 17.0 Å². The highest BCUT2D eigenvalue weighted by atomic mass is 32.2. The maximum absolute atomic E-state index is 12.4. The first kappa shape index (κ1) is 18.5. The van der Waals surface area contributed by atoms with Crippen molar-refractivity contribution in [3.8, 4) is 0 Å². The molecule has 136 valence electrons. The van der Waals surface area contributed by atoms with Gasteiger partial charge in [0.2, 0.25) is 0 Å². The minimum atomic E-state index is -0.435.